The van der Waals surface area contributed by atoms with Crippen LogP contribution in [-0.4, -0.2) is 52.8 Å². The maximum Gasteiger partial charge on any atom is 0.172 e. The molecule has 0 saturated carbocycles. The van der Waals surface area contributed by atoms with Gasteiger partial charge in [0.2, 0.25) is 0 Å². The second kappa shape index (κ2) is 8.12. The van der Waals surface area contributed by atoms with Crippen LogP contribution in [0.25, 0.3) is 21.6 Å². The number of hydrogen-bond donors (Lipinski definition) is 2. The molecule has 0 radical (unpaired) electrons. The van der Waals surface area contributed by atoms with Gasteiger partial charge in [-0.05, 0) is 55.4 Å². The van der Waals surface area contributed by atoms with Gasteiger partial charge in [0.25, 0.3) is 0 Å². The number of hydrogen-bond acceptors (Lipinski definition) is 6. The summed E-state index contributed by atoms with van der Waals surface area (Å²) in [4.78, 5) is 13.0. The van der Waals surface area contributed by atoms with E-state index in [9.17, 15) is 0 Å². The highest BCUT2D eigenvalue weighted by Crippen LogP contribution is 2.28. The lowest BCUT2D eigenvalue weighted by Gasteiger charge is -2.31. The lowest BCUT2D eigenvalue weighted by atomic mass is 9.97. The van der Waals surface area contributed by atoms with Crippen molar-refractivity contribution in [3.8, 4) is 10.7 Å². The number of para-hydroxylation sites is 1. The number of rotatable bonds is 6. The van der Waals surface area contributed by atoms with E-state index in [2.05, 4.69) is 27.7 Å². The predicted molar refractivity (Wildman–Crippen MR) is 108 cm³/mol. The van der Waals surface area contributed by atoms with Gasteiger partial charge in [-0.25, -0.2) is 9.97 Å². The quantitative estimate of drug-likeness (QED) is 0.698. The molecule has 2 N–H and O–H groups in total. The van der Waals surface area contributed by atoms with Gasteiger partial charge in [-0.15, -0.1) is 11.3 Å². The fraction of sp³-hybridized carbons (Fsp3) is 0.400. The zero-order valence-electron chi connectivity index (χ0n) is 14.8. The highest BCUT2D eigenvalue weighted by Gasteiger charge is 2.19. The Hall–Kier alpha value is -2.02. The third-order valence-corrected chi connectivity index (χ3v) is 5.89. The second-order valence-electron chi connectivity index (χ2n) is 6.78. The summed E-state index contributed by atoms with van der Waals surface area (Å²) in [5, 5.41) is 15.8. The molecule has 0 aliphatic carbocycles. The van der Waals surface area contributed by atoms with E-state index in [1.807, 2.05) is 24.3 Å². The molecule has 26 heavy (non-hydrogen) atoms. The van der Waals surface area contributed by atoms with Crippen LogP contribution in [0.15, 0.2) is 41.8 Å². The van der Waals surface area contributed by atoms with Crippen LogP contribution in [0.5, 0.6) is 0 Å². The fourth-order valence-electron chi connectivity index (χ4n) is 3.52. The van der Waals surface area contributed by atoms with Crippen molar-refractivity contribution in [1.29, 1.82) is 0 Å². The van der Waals surface area contributed by atoms with E-state index >= 15 is 0 Å². The lowest BCUT2D eigenvalue weighted by molar-refractivity contribution is 0.151. The summed E-state index contributed by atoms with van der Waals surface area (Å²) in [5.41, 5.74) is 0.978. The lowest BCUT2D eigenvalue weighted by Crippen LogP contribution is -2.37. The monoisotopic (exact) mass is 368 g/mol. The molecule has 0 amide bonds. The summed E-state index contributed by atoms with van der Waals surface area (Å²) >= 11 is 1.67. The van der Waals surface area contributed by atoms with Crippen LogP contribution in [-0.2, 0) is 0 Å². The van der Waals surface area contributed by atoms with E-state index in [1.165, 1.54) is 0 Å². The number of thiophene rings is 1. The Morgan fingerprint density at radius 3 is 2.73 bits per heavy atom. The Labute approximate surface area is 157 Å². The number of β-amino-alcohol motifs (C(OH)–C–C–N with tert-alkyl or cyclic N) is 1. The van der Waals surface area contributed by atoms with E-state index in [0.29, 0.717) is 5.92 Å². The number of aliphatic hydroxyl groups excluding tert-OH is 1. The first-order valence-electron chi connectivity index (χ1n) is 9.21. The molecule has 1 fully saturated rings. The molecule has 1 aromatic carbocycles. The zero-order chi connectivity index (χ0) is 17.8. The number of aliphatic hydroxyl groups is 1. The number of nitrogens with one attached hydrogen (secondary N) is 1. The topological polar surface area (TPSA) is 61.3 Å². The average molecular weight is 369 g/mol. The number of benzene rings is 1. The summed E-state index contributed by atoms with van der Waals surface area (Å²) in [7, 11) is 0. The molecule has 0 atom stereocenters. The van der Waals surface area contributed by atoms with Crippen molar-refractivity contribution in [3.63, 3.8) is 0 Å². The first-order valence-corrected chi connectivity index (χ1v) is 10.1. The van der Waals surface area contributed by atoms with Crippen molar-refractivity contribution in [2.45, 2.75) is 12.8 Å². The molecule has 0 bridgehead atoms. The smallest absolute Gasteiger partial charge is 0.172 e. The Morgan fingerprint density at radius 1 is 1.12 bits per heavy atom. The summed E-state index contributed by atoms with van der Waals surface area (Å²) in [6.45, 7) is 4.11. The molecule has 5 nitrogen and oxygen atoms in total. The average Bonchev–Trinajstić information content (AvgIpc) is 3.22. The molecule has 0 spiro atoms. The first kappa shape index (κ1) is 17.4. The van der Waals surface area contributed by atoms with Crippen molar-refractivity contribution in [1.82, 2.24) is 14.9 Å². The summed E-state index contributed by atoms with van der Waals surface area (Å²) in [6, 6.07) is 12.3. The summed E-state index contributed by atoms with van der Waals surface area (Å²) in [5.74, 6) is 2.36. The summed E-state index contributed by atoms with van der Waals surface area (Å²) < 4.78 is 0. The van der Waals surface area contributed by atoms with Crippen LogP contribution >= 0.6 is 11.3 Å². The third-order valence-electron chi connectivity index (χ3n) is 5.03. The van der Waals surface area contributed by atoms with Crippen LogP contribution in [0.3, 0.4) is 0 Å². The molecule has 1 saturated heterocycles. The van der Waals surface area contributed by atoms with E-state index in [0.717, 1.165) is 66.4 Å². The van der Waals surface area contributed by atoms with Crippen LogP contribution in [0.1, 0.15) is 12.8 Å². The minimum Gasteiger partial charge on any atom is -0.395 e. The molecule has 2 aromatic heterocycles. The first-order chi connectivity index (χ1) is 12.8. The predicted octanol–water partition coefficient (Wildman–Crippen LogP) is 3.47. The van der Waals surface area contributed by atoms with Gasteiger partial charge in [0, 0.05) is 18.5 Å². The van der Waals surface area contributed by atoms with Gasteiger partial charge in [-0.2, -0.15) is 0 Å². The maximum atomic E-state index is 9.07. The van der Waals surface area contributed by atoms with Crippen LogP contribution in [0.2, 0.25) is 0 Å². The van der Waals surface area contributed by atoms with Crippen LogP contribution in [0, 0.1) is 5.92 Å². The normalized spacial score (nSPS) is 16.2. The van der Waals surface area contributed by atoms with E-state index in [1.54, 1.807) is 11.3 Å². The van der Waals surface area contributed by atoms with Crippen LogP contribution < -0.4 is 5.32 Å². The Balaban J connectivity index is 1.51. The molecule has 4 rings (SSSR count). The molecular weight excluding hydrogens is 344 g/mol. The van der Waals surface area contributed by atoms with Gasteiger partial charge in [0.1, 0.15) is 5.82 Å². The van der Waals surface area contributed by atoms with E-state index in [-0.39, 0.29) is 6.61 Å². The number of piperidine rings is 1. The zero-order valence-corrected chi connectivity index (χ0v) is 15.6. The molecule has 3 heterocycles. The minimum absolute atomic E-state index is 0.251. The minimum atomic E-state index is 0.251. The Bertz CT molecular complexity index is 844. The highest BCUT2D eigenvalue weighted by molar-refractivity contribution is 7.13. The molecule has 3 aromatic rings. The Morgan fingerprint density at radius 2 is 1.96 bits per heavy atom. The van der Waals surface area contributed by atoms with Gasteiger partial charge < -0.3 is 15.3 Å². The van der Waals surface area contributed by atoms with Gasteiger partial charge in [-0.3, -0.25) is 0 Å². The van der Waals surface area contributed by atoms with Gasteiger partial charge in [0.15, 0.2) is 5.82 Å². The molecular formula is C20H24N4OS. The van der Waals surface area contributed by atoms with E-state index in [4.69, 9.17) is 15.1 Å². The summed E-state index contributed by atoms with van der Waals surface area (Å²) in [6.07, 6.45) is 2.32. The number of aromatic nitrogens is 2. The Kier molecular flexibility index (Phi) is 5.43. The molecule has 1 aliphatic rings. The fourth-order valence-corrected chi connectivity index (χ4v) is 4.18. The van der Waals surface area contributed by atoms with Crippen molar-refractivity contribution in [3.05, 3.63) is 41.8 Å². The highest BCUT2D eigenvalue weighted by atomic mass is 32.1. The van der Waals surface area contributed by atoms with Gasteiger partial charge in [0.05, 0.1) is 17.0 Å². The van der Waals surface area contributed by atoms with Crippen LogP contribution in [0.4, 0.5) is 5.82 Å². The molecule has 6 heteroatoms. The number of likely N-dealkylation sites (tertiary alicyclic amines) is 1. The number of anilines is 1. The second-order valence-corrected chi connectivity index (χ2v) is 7.73. The molecule has 1 aliphatic heterocycles. The molecule has 136 valence electrons. The van der Waals surface area contributed by atoms with Crippen molar-refractivity contribution in [2.24, 2.45) is 5.92 Å². The molecule has 0 unspecified atom stereocenters. The number of nitrogens with zero attached hydrogens (tertiary/aromatic N) is 3. The van der Waals surface area contributed by atoms with Crippen molar-refractivity contribution < 1.29 is 5.11 Å². The number of fused-ring (bicyclic) bond motifs is 1. The van der Waals surface area contributed by atoms with Crippen molar-refractivity contribution in [2.75, 3.05) is 38.1 Å². The van der Waals surface area contributed by atoms with Crippen molar-refractivity contribution >= 4 is 28.1 Å². The van der Waals surface area contributed by atoms with Gasteiger partial charge in [-0.1, -0.05) is 18.2 Å². The largest absolute Gasteiger partial charge is 0.395 e. The van der Waals surface area contributed by atoms with Gasteiger partial charge >= 0.3 is 0 Å². The maximum absolute atomic E-state index is 9.07. The third kappa shape index (κ3) is 3.87. The standard InChI is InChI=1S/C20H24N4OS/c25-12-11-24-9-7-15(8-10-24)14-21-19-16-4-1-2-5-17(16)22-20(23-19)18-6-3-13-26-18/h1-6,13,15,25H,7-12,14H2,(H,21,22,23). The van der Waals surface area contributed by atoms with E-state index < -0.39 is 0 Å². The SMILES string of the molecule is OCCN1CCC(CNc2nc(-c3cccs3)nc3ccccc23)CC1.